The molecule has 0 aliphatic heterocycles. The van der Waals surface area contributed by atoms with Crippen LogP contribution in [0.15, 0.2) is 42.5 Å². The summed E-state index contributed by atoms with van der Waals surface area (Å²) < 4.78 is 5.52. The SMILES string of the molecule is CCOc1cc(N(C)Cc2ccccc2Cl)ccc1N. The van der Waals surface area contributed by atoms with Crippen LogP contribution in [0.5, 0.6) is 5.75 Å². The van der Waals surface area contributed by atoms with Crippen molar-refractivity contribution in [2.45, 2.75) is 13.5 Å². The van der Waals surface area contributed by atoms with Crippen molar-refractivity contribution < 1.29 is 4.74 Å². The third kappa shape index (κ3) is 3.36. The van der Waals surface area contributed by atoms with E-state index in [1.165, 1.54) is 0 Å². The minimum atomic E-state index is 0.599. The molecule has 3 nitrogen and oxygen atoms in total. The summed E-state index contributed by atoms with van der Waals surface area (Å²) in [6.45, 7) is 3.27. The number of nitrogen functional groups attached to an aromatic ring is 1. The van der Waals surface area contributed by atoms with Crippen LogP contribution in [0.1, 0.15) is 12.5 Å². The molecule has 0 unspecified atom stereocenters. The smallest absolute Gasteiger partial charge is 0.144 e. The summed E-state index contributed by atoms with van der Waals surface area (Å²) in [6.07, 6.45) is 0. The van der Waals surface area contributed by atoms with Crippen molar-refractivity contribution in [3.8, 4) is 5.75 Å². The van der Waals surface area contributed by atoms with Gasteiger partial charge in [-0.2, -0.15) is 0 Å². The largest absolute Gasteiger partial charge is 0.492 e. The molecule has 0 bridgehead atoms. The molecule has 20 heavy (non-hydrogen) atoms. The fourth-order valence-electron chi connectivity index (χ4n) is 2.01. The Labute approximate surface area is 124 Å². The Morgan fingerprint density at radius 2 is 1.95 bits per heavy atom. The fraction of sp³-hybridized carbons (Fsp3) is 0.250. The van der Waals surface area contributed by atoms with Crippen LogP contribution >= 0.6 is 11.6 Å². The lowest BCUT2D eigenvalue weighted by Gasteiger charge is -2.21. The van der Waals surface area contributed by atoms with Crippen molar-refractivity contribution in [2.24, 2.45) is 0 Å². The molecule has 0 saturated carbocycles. The van der Waals surface area contributed by atoms with E-state index in [9.17, 15) is 0 Å². The van der Waals surface area contributed by atoms with E-state index >= 15 is 0 Å². The molecule has 0 heterocycles. The number of benzene rings is 2. The molecule has 4 heteroatoms. The maximum absolute atomic E-state index is 6.19. The second-order valence-electron chi connectivity index (χ2n) is 4.60. The lowest BCUT2D eigenvalue weighted by molar-refractivity contribution is 0.342. The maximum atomic E-state index is 6.19. The van der Waals surface area contributed by atoms with Gasteiger partial charge in [-0.25, -0.2) is 0 Å². The van der Waals surface area contributed by atoms with E-state index in [0.29, 0.717) is 12.3 Å². The number of anilines is 2. The number of halogens is 1. The summed E-state index contributed by atoms with van der Waals surface area (Å²) in [5.74, 6) is 0.719. The van der Waals surface area contributed by atoms with Crippen molar-refractivity contribution in [3.05, 3.63) is 53.1 Å². The molecule has 0 atom stereocenters. The summed E-state index contributed by atoms with van der Waals surface area (Å²) in [5.41, 5.74) is 8.68. The number of hydrogen-bond donors (Lipinski definition) is 1. The topological polar surface area (TPSA) is 38.5 Å². The van der Waals surface area contributed by atoms with E-state index in [-0.39, 0.29) is 0 Å². The first-order valence-corrected chi connectivity index (χ1v) is 6.96. The Morgan fingerprint density at radius 1 is 1.20 bits per heavy atom. The Balaban J connectivity index is 2.19. The first kappa shape index (κ1) is 14.5. The highest BCUT2D eigenvalue weighted by molar-refractivity contribution is 6.31. The van der Waals surface area contributed by atoms with Gasteiger partial charge in [0.25, 0.3) is 0 Å². The van der Waals surface area contributed by atoms with Gasteiger partial charge in [-0.05, 0) is 30.7 Å². The molecule has 106 valence electrons. The van der Waals surface area contributed by atoms with E-state index in [1.54, 1.807) is 0 Å². The van der Waals surface area contributed by atoms with Gasteiger partial charge >= 0.3 is 0 Å². The summed E-state index contributed by atoms with van der Waals surface area (Å²) in [6, 6.07) is 13.7. The van der Waals surface area contributed by atoms with Gasteiger partial charge in [0, 0.05) is 30.4 Å². The summed E-state index contributed by atoms with van der Waals surface area (Å²) in [5, 5.41) is 0.778. The lowest BCUT2D eigenvalue weighted by Crippen LogP contribution is -2.16. The van der Waals surface area contributed by atoms with Gasteiger partial charge in [0.15, 0.2) is 0 Å². The highest BCUT2D eigenvalue weighted by Gasteiger charge is 2.08. The maximum Gasteiger partial charge on any atom is 0.144 e. The molecule has 0 amide bonds. The lowest BCUT2D eigenvalue weighted by atomic mass is 10.2. The van der Waals surface area contributed by atoms with Crippen LogP contribution in [0.2, 0.25) is 5.02 Å². The van der Waals surface area contributed by atoms with Crippen molar-refractivity contribution >= 4 is 23.0 Å². The molecule has 0 aromatic heterocycles. The third-order valence-corrected chi connectivity index (χ3v) is 3.47. The van der Waals surface area contributed by atoms with E-state index in [4.69, 9.17) is 22.1 Å². The second kappa shape index (κ2) is 6.53. The Hall–Kier alpha value is -1.87. The number of ether oxygens (including phenoxy) is 1. The predicted molar refractivity (Wildman–Crippen MR) is 85.6 cm³/mol. The first-order valence-electron chi connectivity index (χ1n) is 6.58. The van der Waals surface area contributed by atoms with Gasteiger partial charge in [-0.15, -0.1) is 0 Å². The highest BCUT2D eigenvalue weighted by Crippen LogP contribution is 2.28. The van der Waals surface area contributed by atoms with E-state index in [2.05, 4.69) is 4.90 Å². The molecule has 2 rings (SSSR count). The molecular formula is C16H19ClN2O. The Bertz CT molecular complexity index is 586. The summed E-state index contributed by atoms with van der Waals surface area (Å²) in [7, 11) is 2.02. The zero-order valence-electron chi connectivity index (χ0n) is 11.8. The predicted octanol–water partition coefficient (Wildman–Crippen LogP) is 3.96. The third-order valence-electron chi connectivity index (χ3n) is 3.10. The summed E-state index contributed by atoms with van der Waals surface area (Å²) in [4.78, 5) is 2.11. The molecule has 2 aromatic carbocycles. The molecule has 0 radical (unpaired) electrons. The number of rotatable bonds is 5. The van der Waals surface area contributed by atoms with Crippen LogP contribution in [0.25, 0.3) is 0 Å². The molecule has 0 aliphatic carbocycles. The molecule has 0 spiro atoms. The van der Waals surface area contributed by atoms with E-state index < -0.39 is 0 Å². The average molecular weight is 291 g/mol. The van der Waals surface area contributed by atoms with Crippen molar-refractivity contribution in [1.29, 1.82) is 0 Å². The van der Waals surface area contributed by atoms with Gasteiger partial charge in [0.05, 0.1) is 12.3 Å². The van der Waals surface area contributed by atoms with Crippen LogP contribution in [-0.4, -0.2) is 13.7 Å². The highest BCUT2D eigenvalue weighted by atomic mass is 35.5. The van der Waals surface area contributed by atoms with E-state index in [0.717, 1.165) is 28.6 Å². The monoisotopic (exact) mass is 290 g/mol. The van der Waals surface area contributed by atoms with Crippen LogP contribution in [-0.2, 0) is 6.54 Å². The minimum absolute atomic E-state index is 0.599. The minimum Gasteiger partial charge on any atom is -0.492 e. The van der Waals surface area contributed by atoms with Gasteiger partial charge in [0.1, 0.15) is 5.75 Å². The van der Waals surface area contributed by atoms with Crippen molar-refractivity contribution in [2.75, 3.05) is 24.3 Å². The zero-order chi connectivity index (χ0) is 14.5. The van der Waals surface area contributed by atoms with Gasteiger partial charge in [-0.1, -0.05) is 29.8 Å². The standard InChI is InChI=1S/C16H19ClN2O/c1-3-20-16-10-13(8-9-15(16)18)19(2)11-12-6-4-5-7-14(12)17/h4-10H,3,11,18H2,1-2H3. The van der Waals surface area contributed by atoms with Crippen molar-refractivity contribution in [1.82, 2.24) is 0 Å². The van der Waals surface area contributed by atoms with Crippen LogP contribution in [0, 0.1) is 0 Å². The normalized spacial score (nSPS) is 10.3. The van der Waals surface area contributed by atoms with Gasteiger partial charge in [-0.3, -0.25) is 0 Å². The number of nitrogens with two attached hydrogens (primary N) is 1. The zero-order valence-corrected chi connectivity index (χ0v) is 12.5. The molecular weight excluding hydrogens is 272 g/mol. The molecule has 2 N–H and O–H groups in total. The second-order valence-corrected chi connectivity index (χ2v) is 5.01. The molecule has 2 aromatic rings. The fourth-order valence-corrected chi connectivity index (χ4v) is 2.21. The molecule has 0 saturated heterocycles. The Kier molecular flexibility index (Phi) is 4.74. The molecule has 0 fully saturated rings. The summed E-state index contributed by atoms with van der Waals surface area (Å²) >= 11 is 6.19. The Morgan fingerprint density at radius 3 is 2.65 bits per heavy atom. The van der Waals surface area contributed by atoms with Gasteiger partial charge in [0.2, 0.25) is 0 Å². The average Bonchev–Trinajstić information content (AvgIpc) is 2.44. The number of hydrogen-bond acceptors (Lipinski definition) is 3. The molecule has 0 aliphatic rings. The number of nitrogens with zero attached hydrogens (tertiary/aromatic N) is 1. The van der Waals surface area contributed by atoms with E-state index in [1.807, 2.05) is 56.4 Å². The van der Waals surface area contributed by atoms with Crippen LogP contribution in [0.3, 0.4) is 0 Å². The van der Waals surface area contributed by atoms with Crippen LogP contribution in [0.4, 0.5) is 11.4 Å². The quantitative estimate of drug-likeness (QED) is 0.847. The van der Waals surface area contributed by atoms with Crippen LogP contribution < -0.4 is 15.4 Å². The van der Waals surface area contributed by atoms with Crippen molar-refractivity contribution in [3.63, 3.8) is 0 Å². The van der Waals surface area contributed by atoms with Gasteiger partial charge < -0.3 is 15.4 Å². The first-order chi connectivity index (χ1) is 9.61.